The van der Waals surface area contributed by atoms with Crippen molar-refractivity contribution in [1.82, 2.24) is 0 Å². The van der Waals surface area contributed by atoms with E-state index < -0.39 is 56.3 Å². The third-order valence-electron chi connectivity index (χ3n) is 13.3. The van der Waals surface area contributed by atoms with Gasteiger partial charge >= 0.3 is 11.3 Å². The van der Waals surface area contributed by atoms with E-state index >= 15 is 0 Å². The monoisotopic (exact) mass is 758 g/mol. The van der Waals surface area contributed by atoms with Crippen LogP contribution in [0, 0.1) is 0 Å². The van der Waals surface area contributed by atoms with Crippen molar-refractivity contribution in [2.75, 3.05) is 0 Å². The van der Waals surface area contributed by atoms with E-state index in [1.165, 1.54) is 0 Å². The molecular formula is C48H54O8. The van der Waals surface area contributed by atoms with Crippen LogP contribution in [0.25, 0.3) is 21.9 Å². The van der Waals surface area contributed by atoms with Crippen LogP contribution in [0.2, 0.25) is 0 Å². The van der Waals surface area contributed by atoms with Gasteiger partial charge in [-0.05, 0) is 39.8 Å². The Bertz CT molecular complexity index is 2410. The summed E-state index contributed by atoms with van der Waals surface area (Å²) in [7, 11) is 0. The molecule has 0 radical (unpaired) electrons. The molecule has 8 heteroatoms. The molecule has 4 aliphatic heterocycles. The summed E-state index contributed by atoms with van der Waals surface area (Å²) in [5, 5.41) is 1.33. The van der Waals surface area contributed by atoms with Gasteiger partial charge in [-0.25, -0.2) is 9.59 Å². The molecule has 0 N–H and O–H groups in total. The van der Waals surface area contributed by atoms with Gasteiger partial charge < -0.3 is 27.8 Å². The summed E-state index contributed by atoms with van der Waals surface area (Å²) in [5.41, 5.74) is -0.615. The van der Waals surface area contributed by atoms with Gasteiger partial charge in [0.1, 0.15) is 57.6 Å². The van der Waals surface area contributed by atoms with E-state index in [-0.39, 0.29) is 11.8 Å². The van der Waals surface area contributed by atoms with Crippen LogP contribution in [0.4, 0.5) is 0 Å². The molecule has 2 aromatic carbocycles. The quantitative estimate of drug-likeness (QED) is 0.129. The molecule has 4 atom stereocenters. The number of ether oxygens (including phenoxy) is 4. The molecule has 0 saturated carbocycles. The molecule has 4 aliphatic rings. The van der Waals surface area contributed by atoms with E-state index in [0.29, 0.717) is 56.1 Å². The number of hydrogen-bond acceptors (Lipinski definition) is 8. The summed E-state index contributed by atoms with van der Waals surface area (Å²) in [4.78, 5) is 27.8. The van der Waals surface area contributed by atoms with Gasteiger partial charge in [0.2, 0.25) is 0 Å². The minimum Gasteiger partial charge on any atom is -0.484 e. The van der Waals surface area contributed by atoms with E-state index in [0.717, 1.165) is 22.3 Å². The molecule has 0 amide bonds. The van der Waals surface area contributed by atoms with Crippen LogP contribution < -0.4 is 30.2 Å². The lowest BCUT2D eigenvalue weighted by Crippen LogP contribution is -2.63. The number of benzene rings is 2. The van der Waals surface area contributed by atoms with Gasteiger partial charge in [-0.3, -0.25) is 0 Å². The number of fused-ring (bicyclic) bond motifs is 4. The lowest BCUT2D eigenvalue weighted by Gasteiger charge is -2.59. The number of allylic oxidation sites excluding steroid dienone is 4. The molecule has 0 unspecified atom stereocenters. The molecule has 4 aromatic rings. The van der Waals surface area contributed by atoms with Crippen LogP contribution in [0.1, 0.15) is 128 Å². The fraction of sp³-hybridized carbons (Fsp3) is 0.458. The normalized spacial score (nSPS) is 22.9. The Hall–Kier alpha value is -4.98. The molecule has 294 valence electrons. The Morgan fingerprint density at radius 1 is 0.536 bits per heavy atom. The highest BCUT2D eigenvalue weighted by Crippen LogP contribution is 2.69. The molecule has 8 rings (SSSR count). The predicted molar refractivity (Wildman–Crippen MR) is 222 cm³/mol. The molecule has 0 fully saturated rings. The van der Waals surface area contributed by atoms with Crippen LogP contribution in [0.3, 0.4) is 0 Å². The first-order valence-corrected chi connectivity index (χ1v) is 19.5. The van der Waals surface area contributed by atoms with Crippen molar-refractivity contribution in [3.63, 3.8) is 0 Å². The van der Waals surface area contributed by atoms with Crippen LogP contribution in [0.5, 0.6) is 23.0 Å². The van der Waals surface area contributed by atoms with Crippen molar-refractivity contribution in [3.8, 4) is 23.0 Å². The fourth-order valence-corrected chi connectivity index (χ4v) is 9.42. The highest BCUT2D eigenvalue weighted by molar-refractivity contribution is 5.96. The Balaban J connectivity index is 1.58. The Kier molecular flexibility index (Phi) is 7.67. The first-order valence-electron chi connectivity index (χ1n) is 19.5. The summed E-state index contributed by atoms with van der Waals surface area (Å²) < 4.78 is 41.7. The minimum atomic E-state index is -0.911. The van der Waals surface area contributed by atoms with Crippen LogP contribution in [0.15, 0.2) is 81.2 Å². The third kappa shape index (κ3) is 4.83. The summed E-state index contributed by atoms with van der Waals surface area (Å²) in [6.45, 7) is 40.6. The van der Waals surface area contributed by atoms with Gasteiger partial charge in [-0.1, -0.05) is 79.7 Å². The van der Waals surface area contributed by atoms with Gasteiger partial charge in [0.05, 0.1) is 10.8 Å². The molecule has 0 spiro atoms. The van der Waals surface area contributed by atoms with E-state index in [9.17, 15) is 9.59 Å². The first kappa shape index (κ1) is 37.9. The Morgan fingerprint density at radius 3 is 1.16 bits per heavy atom. The van der Waals surface area contributed by atoms with Crippen molar-refractivity contribution < 1.29 is 27.8 Å². The lowest BCUT2D eigenvalue weighted by molar-refractivity contribution is -0.113. The molecule has 0 saturated heterocycles. The number of rotatable bonds is 8. The van der Waals surface area contributed by atoms with Crippen LogP contribution >= 0.6 is 0 Å². The first-order chi connectivity index (χ1) is 25.9. The smallest absolute Gasteiger partial charge is 0.340 e. The zero-order valence-corrected chi connectivity index (χ0v) is 34.9. The predicted octanol–water partition coefficient (Wildman–Crippen LogP) is 10.5. The SMILES string of the molecule is C=CC(C)(C)c1cc2c3c4c(c(C(C)(C)C=C)c2oc1=O)OC(C)(C)[C@@H]1Oc2c5c(c(C(C)(C)C=C)c6oc(=O)c(C(C)(C)C=C)cc26)OC(C)(C)[C@H](O3)[C@H]5[C@@H]41. The van der Waals surface area contributed by atoms with Crippen molar-refractivity contribution in [2.24, 2.45) is 0 Å². The van der Waals surface area contributed by atoms with E-state index in [1.807, 2.05) is 107 Å². The highest BCUT2D eigenvalue weighted by atomic mass is 16.6. The molecule has 6 heterocycles. The second-order valence-electron chi connectivity index (χ2n) is 19.5. The van der Waals surface area contributed by atoms with Crippen molar-refractivity contribution in [3.05, 3.63) is 117 Å². The standard InChI is InChI=1S/C48H54O8/c1-17-43(5,6)25-21-23-33-29-27-28-30-34(52-40(27)48(15,16)55-37(29)31(45(9,10)19-3)35(23)53-41(25)49)24-22-26(44(7,8)18-2)42(50)54-36(24)32(46(11,12)20-4)38(30)56-47(13,14)39(28)51-33/h17-22,27-28,39-40H,1-4H2,5-16H3/t27-,28-,39+,40+/m0/s1. The second kappa shape index (κ2) is 11.3. The van der Waals surface area contributed by atoms with Crippen LogP contribution in [-0.2, 0) is 21.7 Å². The Labute approximate surface area is 328 Å². The number of hydrogen-bond donors (Lipinski definition) is 0. The highest BCUT2D eigenvalue weighted by Gasteiger charge is 2.65. The summed E-state index contributed by atoms with van der Waals surface area (Å²) in [6.07, 6.45) is 6.17. The third-order valence-corrected chi connectivity index (χ3v) is 13.3. The van der Waals surface area contributed by atoms with Gasteiger partial charge in [0.25, 0.3) is 0 Å². The van der Waals surface area contributed by atoms with E-state index in [4.69, 9.17) is 27.8 Å². The zero-order valence-electron chi connectivity index (χ0n) is 34.9. The minimum absolute atomic E-state index is 0.291. The molecule has 8 nitrogen and oxygen atoms in total. The maximum absolute atomic E-state index is 13.9. The fourth-order valence-electron chi connectivity index (χ4n) is 9.42. The second-order valence-corrected chi connectivity index (χ2v) is 19.5. The molecule has 2 aromatic heterocycles. The largest absolute Gasteiger partial charge is 0.484 e. The summed E-state index contributed by atoms with van der Waals surface area (Å²) in [6, 6.07) is 3.80. The van der Waals surface area contributed by atoms with Gasteiger partial charge in [0.15, 0.2) is 0 Å². The average Bonchev–Trinajstić information content (AvgIpc) is 3.11. The average molecular weight is 759 g/mol. The van der Waals surface area contributed by atoms with Gasteiger partial charge in [-0.2, -0.15) is 0 Å². The van der Waals surface area contributed by atoms with Gasteiger partial charge in [0, 0.05) is 66.9 Å². The molecule has 0 bridgehead atoms. The molecule has 0 aliphatic carbocycles. The van der Waals surface area contributed by atoms with E-state index in [2.05, 4.69) is 26.3 Å². The molecular weight excluding hydrogens is 705 g/mol. The zero-order chi connectivity index (χ0) is 41.0. The van der Waals surface area contributed by atoms with Crippen LogP contribution in [-0.4, -0.2) is 23.4 Å². The Morgan fingerprint density at radius 2 is 0.857 bits per heavy atom. The molecule has 56 heavy (non-hydrogen) atoms. The van der Waals surface area contributed by atoms with Crippen molar-refractivity contribution in [1.29, 1.82) is 0 Å². The summed E-state index contributed by atoms with van der Waals surface area (Å²) >= 11 is 0. The van der Waals surface area contributed by atoms with Crippen molar-refractivity contribution >= 4 is 21.9 Å². The summed E-state index contributed by atoms with van der Waals surface area (Å²) in [5.74, 6) is 1.78. The van der Waals surface area contributed by atoms with Crippen molar-refractivity contribution in [2.45, 2.75) is 140 Å². The topological polar surface area (TPSA) is 97.3 Å². The van der Waals surface area contributed by atoms with Gasteiger partial charge in [-0.15, -0.1) is 26.3 Å². The maximum atomic E-state index is 13.9. The lowest BCUT2D eigenvalue weighted by atomic mass is 9.61. The maximum Gasteiger partial charge on any atom is 0.340 e. The van der Waals surface area contributed by atoms with E-state index in [1.54, 1.807) is 12.2 Å².